The molecule has 1 aliphatic rings. The second-order valence-corrected chi connectivity index (χ2v) is 10.8. The molecule has 8 nitrogen and oxygen atoms in total. The first-order valence-corrected chi connectivity index (χ1v) is 11.5. The van der Waals surface area contributed by atoms with Crippen LogP contribution in [0.5, 0.6) is 0 Å². The predicted molar refractivity (Wildman–Crippen MR) is 130 cm³/mol. The van der Waals surface area contributed by atoms with E-state index in [0.29, 0.717) is 17.5 Å². The van der Waals surface area contributed by atoms with Crippen molar-refractivity contribution in [1.29, 1.82) is 0 Å². The molecule has 0 spiro atoms. The van der Waals surface area contributed by atoms with Crippen LogP contribution in [0.25, 0.3) is 0 Å². The highest BCUT2D eigenvalue weighted by Gasteiger charge is 2.48. The van der Waals surface area contributed by atoms with E-state index in [1.54, 1.807) is 45.0 Å². The monoisotopic (exact) mass is 471 g/mol. The van der Waals surface area contributed by atoms with Gasteiger partial charge in [0, 0.05) is 17.1 Å². The minimum absolute atomic E-state index is 0.166. The summed E-state index contributed by atoms with van der Waals surface area (Å²) in [6.07, 6.45) is 5.36. The second kappa shape index (κ2) is 10.5. The molecule has 2 rings (SSSR count). The van der Waals surface area contributed by atoms with E-state index in [-0.39, 0.29) is 17.9 Å². The fourth-order valence-electron chi connectivity index (χ4n) is 3.63. The van der Waals surface area contributed by atoms with E-state index in [0.717, 1.165) is 0 Å². The number of carbonyl (C=O) groups is 3. The lowest BCUT2D eigenvalue weighted by molar-refractivity contribution is -0.144. The number of hydrogen-bond acceptors (Lipinski definition) is 5. The van der Waals surface area contributed by atoms with E-state index in [1.165, 1.54) is 4.90 Å². The average Bonchev–Trinajstić information content (AvgIpc) is 3.42. The zero-order valence-corrected chi connectivity index (χ0v) is 21.1. The molecule has 186 valence electrons. The van der Waals surface area contributed by atoms with Gasteiger partial charge in [0.25, 0.3) is 0 Å². The molecule has 34 heavy (non-hydrogen) atoms. The molecule has 4 unspecified atom stereocenters. The van der Waals surface area contributed by atoms with E-state index < -0.39 is 41.8 Å². The van der Waals surface area contributed by atoms with Crippen LogP contribution < -0.4 is 10.6 Å². The van der Waals surface area contributed by atoms with Gasteiger partial charge in [-0.2, -0.15) is 0 Å². The summed E-state index contributed by atoms with van der Waals surface area (Å²) < 4.78 is 5.25. The maximum Gasteiger partial charge on any atom is 0.408 e. The van der Waals surface area contributed by atoms with Crippen molar-refractivity contribution in [3.05, 3.63) is 35.4 Å². The quantitative estimate of drug-likeness (QED) is 0.530. The molecule has 1 aliphatic carbocycles. The predicted octanol–water partition coefficient (Wildman–Crippen LogP) is 2.75. The third-order valence-corrected chi connectivity index (χ3v) is 5.27. The van der Waals surface area contributed by atoms with Crippen molar-refractivity contribution in [3.63, 3.8) is 0 Å². The zero-order valence-electron chi connectivity index (χ0n) is 21.1. The lowest BCUT2D eigenvalue weighted by Gasteiger charge is -2.36. The van der Waals surface area contributed by atoms with Crippen LogP contribution in [0.3, 0.4) is 0 Å². The summed E-state index contributed by atoms with van der Waals surface area (Å²) in [5, 5.41) is 15.4. The molecule has 3 N–H and O–H groups in total. The van der Waals surface area contributed by atoms with Crippen LogP contribution in [0.2, 0.25) is 0 Å². The molecule has 0 radical (unpaired) electrons. The number of nitrogens with one attached hydrogen (secondary N) is 2. The van der Waals surface area contributed by atoms with Gasteiger partial charge in [-0.05, 0) is 71.6 Å². The van der Waals surface area contributed by atoms with Crippen LogP contribution in [-0.2, 0) is 14.3 Å². The summed E-state index contributed by atoms with van der Waals surface area (Å²) >= 11 is 0. The maximum absolute atomic E-state index is 13.7. The number of ether oxygens (including phenoxy) is 1. The fraction of sp³-hybridized carbons (Fsp3) is 0.577. The molecular formula is C26H37N3O5. The number of rotatable bonds is 7. The standard InChI is InChI=1S/C26H37N3O5/c1-9-17-10-12-18(13-11-17)21(22(31)28-25(3,4)5)29(20-14-16(20)2)23(32)19(15-30)27-24(33)34-26(6,7)8/h1,10-13,16,19-21,30H,14-15H2,2-8H3,(H,27,33)(H,28,31). The summed E-state index contributed by atoms with van der Waals surface area (Å²) in [6, 6.07) is 4.43. The summed E-state index contributed by atoms with van der Waals surface area (Å²) in [4.78, 5) is 41.0. The Bertz CT molecular complexity index is 937. The Morgan fingerprint density at radius 2 is 1.74 bits per heavy atom. The van der Waals surface area contributed by atoms with Gasteiger partial charge in [0.05, 0.1) is 6.61 Å². The van der Waals surface area contributed by atoms with Gasteiger partial charge in [0.2, 0.25) is 11.8 Å². The third kappa shape index (κ3) is 7.49. The van der Waals surface area contributed by atoms with Gasteiger partial charge in [0.15, 0.2) is 0 Å². The van der Waals surface area contributed by atoms with E-state index >= 15 is 0 Å². The SMILES string of the molecule is C#Cc1ccc(C(C(=O)NC(C)(C)C)N(C(=O)C(CO)NC(=O)OC(C)(C)C)C2CC2C)cc1. The maximum atomic E-state index is 13.7. The highest BCUT2D eigenvalue weighted by atomic mass is 16.6. The van der Waals surface area contributed by atoms with E-state index in [9.17, 15) is 19.5 Å². The van der Waals surface area contributed by atoms with Crippen LogP contribution >= 0.6 is 0 Å². The molecule has 0 aromatic heterocycles. The summed E-state index contributed by atoms with van der Waals surface area (Å²) in [5.41, 5.74) is -0.0761. The molecule has 1 aromatic rings. The van der Waals surface area contributed by atoms with Crippen LogP contribution in [0.15, 0.2) is 24.3 Å². The van der Waals surface area contributed by atoms with Crippen LogP contribution in [0, 0.1) is 18.3 Å². The normalized spacial score (nSPS) is 19.3. The van der Waals surface area contributed by atoms with Gasteiger partial charge >= 0.3 is 6.09 Å². The largest absolute Gasteiger partial charge is 0.444 e. The Hall–Kier alpha value is -3.05. The number of alkyl carbamates (subject to hydrolysis) is 1. The van der Waals surface area contributed by atoms with Crippen molar-refractivity contribution in [2.45, 2.75) is 84.2 Å². The van der Waals surface area contributed by atoms with Crippen molar-refractivity contribution in [3.8, 4) is 12.3 Å². The first-order chi connectivity index (χ1) is 15.7. The van der Waals surface area contributed by atoms with E-state index in [2.05, 4.69) is 16.6 Å². The van der Waals surface area contributed by atoms with Crippen molar-refractivity contribution in [1.82, 2.24) is 15.5 Å². The van der Waals surface area contributed by atoms with Gasteiger partial charge in [-0.15, -0.1) is 6.42 Å². The van der Waals surface area contributed by atoms with Gasteiger partial charge < -0.3 is 25.4 Å². The first-order valence-electron chi connectivity index (χ1n) is 11.5. The van der Waals surface area contributed by atoms with Crippen molar-refractivity contribution >= 4 is 17.9 Å². The number of hydrogen-bond donors (Lipinski definition) is 3. The third-order valence-electron chi connectivity index (χ3n) is 5.27. The Morgan fingerprint density at radius 3 is 2.15 bits per heavy atom. The molecular weight excluding hydrogens is 434 g/mol. The number of aliphatic hydroxyl groups excluding tert-OH is 1. The number of aliphatic hydroxyl groups is 1. The molecule has 8 heteroatoms. The number of carbonyl (C=O) groups excluding carboxylic acids is 3. The minimum Gasteiger partial charge on any atom is -0.444 e. The van der Waals surface area contributed by atoms with Gasteiger partial charge in [0.1, 0.15) is 17.7 Å². The molecule has 4 atom stereocenters. The Labute approximate surface area is 202 Å². The molecule has 0 heterocycles. The molecule has 0 bridgehead atoms. The Balaban J connectivity index is 2.46. The Morgan fingerprint density at radius 1 is 1.18 bits per heavy atom. The number of amides is 3. The van der Waals surface area contributed by atoms with Gasteiger partial charge in [-0.3, -0.25) is 9.59 Å². The van der Waals surface area contributed by atoms with Crippen molar-refractivity contribution in [2.75, 3.05) is 6.61 Å². The van der Waals surface area contributed by atoms with Gasteiger partial charge in [-0.25, -0.2) is 4.79 Å². The van der Waals surface area contributed by atoms with Crippen LogP contribution in [0.1, 0.15) is 72.1 Å². The van der Waals surface area contributed by atoms with E-state index in [1.807, 2.05) is 27.7 Å². The average molecular weight is 472 g/mol. The van der Waals surface area contributed by atoms with Crippen LogP contribution in [-0.4, -0.2) is 57.7 Å². The lowest BCUT2D eigenvalue weighted by atomic mass is 9.99. The minimum atomic E-state index is -1.27. The topological polar surface area (TPSA) is 108 Å². The fourth-order valence-corrected chi connectivity index (χ4v) is 3.63. The molecule has 0 aliphatic heterocycles. The second-order valence-electron chi connectivity index (χ2n) is 10.8. The first kappa shape index (κ1) is 27.2. The summed E-state index contributed by atoms with van der Waals surface area (Å²) in [7, 11) is 0. The summed E-state index contributed by atoms with van der Waals surface area (Å²) in [5.74, 6) is 1.80. The number of nitrogens with zero attached hydrogens (tertiary/aromatic N) is 1. The molecule has 1 aromatic carbocycles. The zero-order chi connectivity index (χ0) is 25.8. The molecule has 3 amide bonds. The molecule has 1 fully saturated rings. The highest BCUT2D eigenvalue weighted by Crippen LogP contribution is 2.40. The highest BCUT2D eigenvalue weighted by molar-refractivity contribution is 5.93. The molecule has 0 saturated heterocycles. The summed E-state index contributed by atoms with van der Waals surface area (Å²) in [6.45, 7) is 12.0. The van der Waals surface area contributed by atoms with E-state index in [4.69, 9.17) is 11.2 Å². The van der Waals surface area contributed by atoms with Crippen molar-refractivity contribution in [2.24, 2.45) is 5.92 Å². The van der Waals surface area contributed by atoms with Crippen molar-refractivity contribution < 1.29 is 24.2 Å². The van der Waals surface area contributed by atoms with Gasteiger partial charge in [-0.1, -0.05) is 25.0 Å². The number of benzene rings is 1. The number of terminal acetylenes is 1. The molecule has 1 saturated carbocycles. The Kier molecular flexibility index (Phi) is 8.38. The van der Waals surface area contributed by atoms with Crippen LogP contribution in [0.4, 0.5) is 4.79 Å². The lowest BCUT2D eigenvalue weighted by Crippen LogP contribution is -2.56. The smallest absolute Gasteiger partial charge is 0.408 e.